The lowest BCUT2D eigenvalue weighted by atomic mass is 10.0. The van der Waals surface area contributed by atoms with Gasteiger partial charge in [-0.1, -0.05) is 0 Å². The van der Waals surface area contributed by atoms with Crippen LogP contribution in [0.4, 0.5) is 11.4 Å². The number of amides is 1. The minimum atomic E-state index is -0.108. The molecule has 2 heterocycles. The topological polar surface area (TPSA) is 54.0 Å². The summed E-state index contributed by atoms with van der Waals surface area (Å²) in [6.45, 7) is 4.80. The molecule has 0 unspecified atom stereocenters. The molecule has 0 saturated heterocycles. The standard InChI is InChI=1S/C17H19N3O.2ClH/c1-11-5-7-15(12(2)19-11)17(21)20-14-6-8-16-13(10-14)4-3-9-18-16;;/h5-8,10,18H,3-4,9H2,1-2H3,(H,20,21);2*1H. The summed E-state index contributed by atoms with van der Waals surface area (Å²) in [7, 11) is 0. The van der Waals surface area contributed by atoms with Crippen molar-refractivity contribution in [3.8, 4) is 0 Å². The molecule has 6 heteroatoms. The van der Waals surface area contributed by atoms with Crippen LogP contribution in [0.25, 0.3) is 0 Å². The highest BCUT2D eigenvalue weighted by atomic mass is 35.5. The van der Waals surface area contributed by atoms with Gasteiger partial charge in [-0.3, -0.25) is 9.78 Å². The molecule has 0 saturated carbocycles. The average molecular weight is 354 g/mol. The first-order valence-corrected chi connectivity index (χ1v) is 7.26. The molecule has 1 aromatic heterocycles. The van der Waals surface area contributed by atoms with E-state index in [1.54, 1.807) is 0 Å². The first kappa shape index (κ1) is 19.3. The van der Waals surface area contributed by atoms with Crippen LogP contribution in [-0.2, 0) is 6.42 Å². The zero-order valence-corrected chi connectivity index (χ0v) is 14.8. The van der Waals surface area contributed by atoms with Gasteiger partial charge in [0.15, 0.2) is 0 Å². The van der Waals surface area contributed by atoms with E-state index in [1.165, 1.54) is 11.3 Å². The Bertz CT molecular complexity index is 704. The van der Waals surface area contributed by atoms with Crippen LogP contribution in [-0.4, -0.2) is 17.4 Å². The Kier molecular flexibility index (Phi) is 6.85. The Morgan fingerprint density at radius 1 is 1.17 bits per heavy atom. The van der Waals surface area contributed by atoms with Crippen molar-refractivity contribution in [3.05, 3.63) is 52.8 Å². The van der Waals surface area contributed by atoms with Crippen LogP contribution in [0.2, 0.25) is 0 Å². The minimum absolute atomic E-state index is 0. The summed E-state index contributed by atoms with van der Waals surface area (Å²) in [6, 6.07) is 9.71. The maximum Gasteiger partial charge on any atom is 0.257 e. The summed E-state index contributed by atoms with van der Waals surface area (Å²) in [5.74, 6) is -0.108. The molecule has 1 aliphatic heterocycles. The first-order valence-electron chi connectivity index (χ1n) is 7.26. The van der Waals surface area contributed by atoms with Crippen molar-refractivity contribution in [1.29, 1.82) is 0 Å². The number of nitrogens with zero attached hydrogens (tertiary/aromatic N) is 1. The van der Waals surface area contributed by atoms with Gasteiger partial charge >= 0.3 is 0 Å². The van der Waals surface area contributed by atoms with E-state index in [1.807, 2.05) is 38.1 Å². The van der Waals surface area contributed by atoms with E-state index < -0.39 is 0 Å². The Balaban J connectivity index is 0.00000132. The number of rotatable bonds is 2. The highest BCUT2D eigenvalue weighted by molar-refractivity contribution is 6.05. The second-order valence-corrected chi connectivity index (χ2v) is 5.44. The van der Waals surface area contributed by atoms with Crippen molar-refractivity contribution in [2.45, 2.75) is 26.7 Å². The molecular weight excluding hydrogens is 333 g/mol. The summed E-state index contributed by atoms with van der Waals surface area (Å²) < 4.78 is 0. The number of anilines is 2. The third kappa shape index (κ3) is 4.36. The molecule has 1 amide bonds. The number of halogens is 2. The quantitative estimate of drug-likeness (QED) is 0.852. The second kappa shape index (κ2) is 8.18. The maximum atomic E-state index is 12.3. The smallest absolute Gasteiger partial charge is 0.257 e. The molecule has 2 aromatic rings. The molecule has 0 fully saturated rings. The molecule has 4 nitrogen and oxygen atoms in total. The number of aromatic nitrogens is 1. The third-order valence-corrected chi connectivity index (χ3v) is 3.77. The van der Waals surface area contributed by atoms with Crippen molar-refractivity contribution >= 4 is 42.1 Å². The predicted octanol–water partition coefficient (Wildman–Crippen LogP) is 4.15. The third-order valence-electron chi connectivity index (χ3n) is 3.77. The Labute approximate surface area is 148 Å². The molecule has 124 valence electrons. The van der Waals surface area contributed by atoms with Crippen LogP contribution in [0, 0.1) is 13.8 Å². The van der Waals surface area contributed by atoms with E-state index in [9.17, 15) is 4.79 Å². The molecule has 3 rings (SSSR count). The van der Waals surface area contributed by atoms with Gasteiger partial charge in [0.05, 0.1) is 11.3 Å². The fraction of sp³-hybridized carbons (Fsp3) is 0.294. The molecule has 1 aromatic carbocycles. The molecule has 2 N–H and O–H groups in total. The predicted molar refractivity (Wildman–Crippen MR) is 99.4 cm³/mol. The molecule has 23 heavy (non-hydrogen) atoms. The minimum Gasteiger partial charge on any atom is -0.385 e. The number of fused-ring (bicyclic) bond motifs is 1. The van der Waals surface area contributed by atoms with Crippen LogP contribution in [0.15, 0.2) is 30.3 Å². The summed E-state index contributed by atoms with van der Waals surface area (Å²) in [5.41, 5.74) is 5.57. The fourth-order valence-electron chi connectivity index (χ4n) is 2.68. The van der Waals surface area contributed by atoms with Crippen molar-refractivity contribution < 1.29 is 4.79 Å². The summed E-state index contributed by atoms with van der Waals surface area (Å²) in [4.78, 5) is 16.7. The lowest BCUT2D eigenvalue weighted by Gasteiger charge is -2.19. The van der Waals surface area contributed by atoms with E-state index in [0.29, 0.717) is 5.56 Å². The molecule has 1 aliphatic rings. The van der Waals surface area contributed by atoms with E-state index in [0.717, 1.165) is 36.5 Å². The molecule has 0 bridgehead atoms. The van der Waals surface area contributed by atoms with Crippen LogP contribution < -0.4 is 10.6 Å². The zero-order valence-electron chi connectivity index (χ0n) is 13.2. The molecule has 0 spiro atoms. The van der Waals surface area contributed by atoms with Gasteiger partial charge in [-0.25, -0.2) is 0 Å². The second-order valence-electron chi connectivity index (χ2n) is 5.44. The summed E-state index contributed by atoms with van der Waals surface area (Å²) >= 11 is 0. The number of carbonyl (C=O) groups excluding carboxylic acids is 1. The largest absolute Gasteiger partial charge is 0.385 e. The van der Waals surface area contributed by atoms with E-state index in [2.05, 4.69) is 21.7 Å². The van der Waals surface area contributed by atoms with Crippen LogP contribution in [0.3, 0.4) is 0 Å². The van der Waals surface area contributed by atoms with Gasteiger partial charge in [0.25, 0.3) is 5.91 Å². The normalized spacial score (nSPS) is 12.1. The molecule has 0 radical (unpaired) electrons. The van der Waals surface area contributed by atoms with E-state index >= 15 is 0 Å². The zero-order chi connectivity index (χ0) is 14.8. The number of benzene rings is 1. The van der Waals surface area contributed by atoms with Crippen LogP contribution in [0.5, 0.6) is 0 Å². The highest BCUT2D eigenvalue weighted by Gasteiger charge is 2.13. The Morgan fingerprint density at radius 3 is 2.70 bits per heavy atom. The van der Waals surface area contributed by atoms with Gasteiger partial charge in [-0.2, -0.15) is 0 Å². The summed E-state index contributed by atoms with van der Waals surface area (Å²) in [6.07, 6.45) is 2.18. The van der Waals surface area contributed by atoms with Gasteiger partial charge in [-0.15, -0.1) is 24.8 Å². The number of carbonyl (C=O) groups is 1. The number of nitrogens with one attached hydrogen (secondary N) is 2. The van der Waals surface area contributed by atoms with Crippen molar-refractivity contribution in [3.63, 3.8) is 0 Å². The lowest BCUT2D eigenvalue weighted by Crippen LogP contribution is -2.16. The highest BCUT2D eigenvalue weighted by Crippen LogP contribution is 2.25. The van der Waals surface area contributed by atoms with E-state index in [-0.39, 0.29) is 30.7 Å². The van der Waals surface area contributed by atoms with Crippen LogP contribution in [0.1, 0.15) is 33.7 Å². The number of hydrogen-bond donors (Lipinski definition) is 2. The van der Waals surface area contributed by atoms with Crippen molar-refractivity contribution in [2.24, 2.45) is 0 Å². The van der Waals surface area contributed by atoms with Gasteiger partial charge in [0, 0.05) is 23.6 Å². The lowest BCUT2D eigenvalue weighted by molar-refractivity contribution is 0.102. The Morgan fingerprint density at radius 2 is 1.96 bits per heavy atom. The molecule has 0 aliphatic carbocycles. The average Bonchev–Trinajstić information content (AvgIpc) is 2.47. The monoisotopic (exact) mass is 353 g/mol. The number of pyridine rings is 1. The molecule has 0 atom stereocenters. The maximum absolute atomic E-state index is 12.3. The molecular formula is C17H21Cl2N3O. The van der Waals surface area contributed by atoms with Gasteiger partial charge in [0.2, 0.25) is 0 Å². The number of aryl methyl sites for hydroxylation is 3. The Hall–Kier alpha value is -1.78. The van der Waals surface area contributed by atoms with Crippen LogP contribution >= 0.6 is 24.8 Å². The SMILES string of the molecule is Cc1ccc(C(=O)Nc2ccc3c(c2)CCCN3)c(C)n1.Cl.Cl. The first-order chi connectivity index (χ1) is 10.1. The van der Waals surface area contributed by atoms with Gasteiger partial charge < -0.3 is 10.6 Å². The van der Waals surface area contributed by atoms with Crippen molar-refractivity contribution in [2.75, 3.05) is 17.2 Å². The van der Waals surface area contributed by atoms with Crippen molar-refractivity contribution in [1.82, 2.24) is 4.98 Å². The summed E-state index contributed by atoms with van der Waals surface area (Å²) in [5, 5.41) is 6.33. The fourth-order valence-corrected chi connectivity index (χ4v) is 2.68. The van der Waals surface area contributed by atoms with E-state index in [4.69, 9.17) is 0 Å². The van der Waals surface area contributed by atoms with Gasteiger partial charge in [0.1, 0.15) is 0 Å². The van der Waals surface area contributed by atoms with Gasteiger partial charge in [-0.05, 0) is 62.6 Å². The number of hydrogen-bond acceptors (Lipinski definition) is 3.